The highest BCUT2D eigenvalue weighted by molar-refractivity contribution is 6.31. The zero-order chi connectivity index (χ0) is 17.4. The van der Waals surface area contributed by atoms with E-state index in [1.165, 1.54) is 12.4 Å². The highest BCUT2D eigenvalue weighted by atomic mass is 35.5. The fourth-order valence-electron chi connectivity index (χ4n) is 2.05. The fourth-order valence-corrected chi connectivity index (χ4v) is 2.25. The van der Waals surface area contributed by atoms with E-state index in [2.05, 4.69) is 25.5 Å². The summed E-state index contributed by atoms with van der Waals surface area (Å²) in [5.74, 6) is 0.297. The molecule has 2 N–H and O–H groups in total. The van der Waals surface area contributed by atoms with E-state index >= 15 is 0 Å². The molecule has 0 bridgehead atoms. The summed E-state index contributed by atoms with van der Waals surface area (Å²) in [5.41, 5.74) is 1.41. The summed E-state index contributed by atoms with van der Waals surface area (Å²) in [6.45, 7) is 2.08. The first-order valence-electron chi connectivity index (χ1n) is 7.78. The maximum Gasteiger partial charge on any atom is 0.254 e. The van der Waals surface area contributed by atoms with Gasteiger partial charge in [0.15, 0.2) is 0 Å². The van der Waals surface area contributed by atoms with Crippen LogP contribution in [0.5, 0.6) is 0 Å². The molecule has 6 nitrogen and oxygen atoms in total. The van der Waals surface area contributed by atoms with Crippen LogP contribution in [0.4, 0.5) is 5.95 Å². The van der Waals surface area contributed by atoms with Gasteiger partial charge in [-0.3, -0.25) is 4.79 Å². The van der Waals surface area contributed by atoms with Gasteiger partial charge in [-0.15, -0.1) is 0 Å². The second-order valence-electron chi connectivity index (χ2n) is 5.65. The van der Waals surface area contributed by atoms with E-state index in [4.69, 9.17) is 11.6 Å². The van der Waals surface area contributed by atoms with E-state index in [1.807, 2.05) is 38.4 Å². The third-order valence-corrected chi connectivity index (χ3v) is 3.75. The molecule has 0 aliphatic rings. The Kier molecular flexibility index (Phi) is 6.96. The average Bonchev–Trinajstić information content (AvgIpc) is 2.58. The number of nitrogens with zero attached hydrogens (tertiary/aromatic N) is 3. The molecule has 0 aliphatic heterocycles. The van der Waals surface area contributed by atoms with Gasteiger partial charge in [-0.2, -0.15) is 0 Å². The van der Waals surface area contributed by atoms with E-state index in [9.17, 15) is 4.79 Å². The lowest BCUT2D eigenvalue weighted by Crippen LogP contribution is -2.27. The van der Waals surface area contributed by atoms with Crippen LogP contribution in [0.3, 0.4) is 0 Å². The summed E-state index contributed by atoms with van der Waals surface area (Å²) >= 11 is 6.10. The number of hydrogen-bond acceptors (Lipinski definition) is 5. The second-order valence-corrected chi connectivity index (χ2v) is 6.06. The SMILES string of the molecule is CN(C)CCCNC(=O)c1cnc(NCc2ccccc2Cl)nc1. The van der Waals surface area contributed by atoms with Crippen molar-refractivity contribution in [3.63, 3.8) is 0 Å². The zero-order valence-corrected chi connectivity index (χ0v) is 14.7. The minimum Gasteiger partial charge on any atom is -0.352 e. The van der Waals surface area contributed by atoms with Gasteiger partial charge in [0.1, 0.15) is 0 Å². The average molecular weight is 348 g/mol. The van der Waals surface area contributed by atoms with Crippen molar-refractivity contribution in [1.82, 2.24) is 20.2 Å². The molecule has 0 aliphatic carbocycles. The number of hydrogen-bond donors (Lipinski definition) is 2. The van der Waals surface area contributed by atoms with Crippen LogP contribution in [0.2, 0.25) is 5.02 Å². The van der Waals surface area contributed by atoms with E-state index in [0.717, 1.165) is 18.5 Å². The molecule has 0 saturated heterocycles. The summed E-state index contributed by atoms with van der Waals surface area (Å²) in [7, 11) is 4.01. The van der Waals surface area contributed by atoms with Gasteiger partial charge >= 0.3 is 0 Å². The number of amides is 1. The summed E-state index contributed by atoms with van der Waals surface area (Å²) in [6, 6.07) is 7.58. The van der Waals surface area contributed by atoms with Crippen LogP contribution >= 0.6 is 11.6 Å². The van der Waals surface area contributed by atoms with Gasteiger partial charge in [0.25, 0.3) is 5.91 Å². The molecule has 1 aromatic carbocycles. The number of aromatic nitrogens is 2. The highest BCUT2D eigenvalue weighted by Crippen LogP contribution is 2.15. The van der Waals surface area contributed by atoms with Crippen molar-refractivity contribution in [3.8, 4) is 0 Å². The standard InChI is InChI=1S/C17H22ClN5O/c1-23(2)9-5-8-19-16(24)14-11-21-17(22-12-14)20-10-13-6-3-4-7-15(13)18/h3-4,6-7,11-12H,5,8-10H2,1-2H3,(H,19,24)(H,20,21,22). The van der Waals surface area contributed by atoms with Crippen LogP contribution in [0.25, 0.3) is 0 Å². The van der Waals surface area contributed by atoms with Crippen molar-refractivity contribution in [1.29, 1.82) is 0 Å². The molecule has 7 heteroatoms. The largest absolute Gasteiger partial charge is 0.352 e. The predicted molar refractivity (Wildman–Crippen MR) is 96.3 cm³/mol. The number of anilines is 1. The fraction of sp³-hybridized carbons (Fsp3) is 0.353. The Labute approximate surface area is 147 Å². The highest BCUT2D eigenvalue weighted by Gasteiger charge is 2.07. The molecule has 0 saturated carbocycles. The molecule has 0 atom stereocenters. The monoisotopic (exact) mass is 347 g/mol. The van der Waals surface area contributed by atoms with Gasteiger partial charge < -0.3 is 15.5 Å². The van der Waals surface area contributed by atoms with Gasteiger partial charge in [-0.25, -0.2) is 9.97 Å². The van der Waals surface area contributed by atoms with Crippen LogP contribution in [0.15, 0.2) is 36.7 Å². The van der Waals surface area contributed by atoms with Crippen LogP contribution < -0.4 is 10.6 Å². The van der Waals surface area contributed by atoms with E-state index in [1.54, 1.807) is 0 Å². The predicted octanol–water partition coefficient (Wildman–Crippen LogP) is 2.42. The summed E-state index contributed by atoms with van der Waals surface area (Å²) in [6.07, 6.45) is 3.93. The first-order chi connectivity index (χ1) is 11.6. The van der Waals surface area contributed by atoms with E-state index in [0.29, 0.717) is 29.6 Å². The Bertz CT molecular complexity index is 660. The molecule has 2 rings (SSSR count). The van der Waals surface area contributed by atoms with E-state index < -0.39 is 0 Å². The molecule has 0 radical (unpaired) electrons. The molecule has 1 aromatic heterocycles. The number of carbonyl (C=O) groups excluding carboxylic acids is 1. The Morgan fingerprint density at radius 3 is 2.58 bits per heavy atom. The molecular formula is C17H22ClN5O. The molecule has 1 amide bonds. The molecule has 0 unspecified atom stereocenters. The first-order valence-corrected chi connectivity index (χ1v) is 8.16. The molecule has 2 aromatic rings. The maximum atomic E-state index is 12.0. The lowest BCUT2D eigenvalue weighted by Gasteiger charge is -2.10. The van der Waals surface area contributed by atoms with Gasteiger partial charge in [0.05, 0.1) is 5.56 Å². The van der Waals surface area contributed by atoms with Crippen molar-refractivity contribution >= 4 is 23.5 Å². The van der Waals surface area contributed by atoms with Crippen molar-refractivity contribution < 1.29 is 4.79 Å². The Hall–Kier alpha value is -2.18. The summed E-state index contributed by atoms with van der Waals surface area (Å²) < 4.78 is 0. The Morgan fingerprint density at radius 2 is 1.92 bits per heavy atom. The van der Waals surface area contributed by atoms with Gasteiger partial charge in [0.2, 0.25) is 5.95 Å². The van der Waals surface area contributed by atoms with Crippen molar-refractivity contribution in [3.05, 3.63) is 52.8 Å². The molecule has 24 heavy (non-hydrogen) atoms. The number of rotatable bonds is 8. The molecular weight excluding hydrogens is 326 g/mol. The van der Waals surface area contributed by atoms with Crippen molar-refractivity contribution in [2.75, 3.05) is 32.5 Å². The minimum absolute atomic E-state index is 0.161. The van der Waals surface area contributed by atoms with Gasteiger partial charge in [-0.05, 0) is 38.7 Å². The van der Waals surface area contributed by atoms with Crippen molar-refractivity contribution in [2.24, 2.45) is 0 Å². The normalized spacial score (nSPS) is 10.7. The Balaban J connectivity index is 1.82. The van der Waals surface area contributed by atoms with Gasteiger partial charge in [-0.1, -0.05) is 29.8 Å². The second kappa shape index (κ2) is 9.20. The number of carbonyl (C=O) groups is 1. The minimum atomic E-state index is -0.161. The Morgan fingerprint density at radius 1 is 1.21 bits per heavy atom. The van der Waals surface area contributed by atoms with Gasteiger partial charge in [0, 0.05) is 30.5 Å². The van der Waals surface area contributed by atoms with E-state index in [-0.39, 0.29) is 5.91 Å². The smallest absolute Gasteiger partial charge is 0.254 e. The molecule has 0 spiro atoms. The molecule has 1 heterocycles. The first kappa shape index (κ1) is 18.2. The topological polar surface area (TPSA) is 70.2 Å². The molecule has 0 fully saturated rings. The summed E-state index contributed by atoms with van der Waals surface area (Å²) in [4.78, 5) is 22.4. The zero-order valence-electron chi connectivity index (χ0n) is 13.9. The summed E-state index contributed by atoms with van der Waals surface area (Å²) in [5, 5.41) is 6.64. The number of nitrogens with one attached hydrogen (secondary N) is 2. The third kappa shape index (κ3) is 5.79. The maximum absolute atomic E-state index is 12.0. The van der Waals surface area contributed by atoms with Crippen LogP contribution in [0.1, 0.15) is 22.3 Å². The lowest BCUT2D eigenvalue weighted by molar-refractivity contribution is 0.0951. The number of halogens is 1. The van der Waals surface area contributed by atoms with Crippen LogP contribution in [-0.2, 0) is 6.54 Å². The number of benzene rings is 1. The van der Waals surface area contributed by atoms with Crippen LogP contribution in [-0.4, -0.2) is 48.0 Å². The molecule has 128 valence electrons. The van der Waals surface area contributed by atoms with Crippen LogP contribution in [0, 0.1) is 0 Å². The lowest BCUT2D eigenvalue weighted by atomic mass is 10.2. The quantitative estimate of drug-likeness (QED) is 0.718. The van der Waals surface area contributed by atoms with Crippen molar-refractivity contribution in [2.45, 2.75) is 13.0 Å². The third-order valence-electron chi connectivity index (χ3n) is 3.38.